The zero-order chi connectivity index (χ0) is 25.1. The number of halogens is 2. The fraction of sp³-hybridized carbons (Fsp3) is 0.357. The van der Waals surface area contributed by atoms with Crippen LogP contribution < -0.4 is 0 Å². The number of hydrogen-bond donors (Lipinski definition) is 0. The molecule has 2 aromatic carbocycles. The van der Waals surface area contributed by atoms with Crippen molar-refractivity contribution in [1.29, 1.82) is 0 Å². The van der Waals surface area contributed by atoms with Crippen LogP contribution in [0.25, 0.3) is 22.5 Å². The smallest absolute Gasteiger partial charge is 0.274 e. The van der Waals surface area contributed by atoms with Crippen molar-refractivity contribution in [2.24, 2.45) is 0 Å². The maximum Gasteiger partial charge on any atom is 0.274 e. The molecule has 0 spiro atoms. The Kier molecular flexibility index (Phi) is 7.54. The highest BCUT2D eigenvalue weighted by Crippen LogP contribution is 2.32. The Bertz CT molecular complexity index is 1150. The molecule has 0 aliphatic carbocycles. The van der Waals surface area contributed by atoms with Gasteiger partial charge >= 0.3 is 0 Å². The molecule has 6 nitrogen and oxygen atoms in total. The first-order chi connectivity index (χ1) is 17.5. The van der Waals surface area contributed by atoms with Crippen molar-refractivity contribution in [2.75, 3.05) is 26.2 Å². The van der Waals surface area contributed by atoms with Crippen molar-refractivity contribution in [3.63, 3.8) is 0 Å². The van der Waals surface area contributed by atoms with Gasteiger partial charge in [-0.3, -0.25) is 9.59 Å². The first kappa shape index (κ1) is 24.7. The minimum absolute atomic E-state index is 0.120. The highest BCUT2D eigenvalue weighted by molar-refractivity contribution is 6.31. The quantitative estimate of drug-likeness (QED) is 0.399. The zero-order valence-corrected chi connectivity index (χ0v) is 21.6. The molecule has 1 aromatic heterocycles. The second kappa shape index (κ2) is 11.0. The summed E-state index contributed by atoms with van der Waals surface area (Å²) in [5.74, 6) is -0.471. The summed E-state index contributed by atoms with van der Waals surface area (Å²) in [6.07, 6.45) is 5.98. The standard InChI is InChI=1S/C28H28Cl2N4O2/c29-21-11-7-19(8-12-21)23-24(20-9-13-22(30)14-10-20)32-26(28(36)34-17-5-2-6-18-34)25(31-23)27(35)33-15-3-1-4-16-33/h7-14H,1-6,15-18H2. The summed E-state index contributed by atoms with van der Waals surface area (Å²) < 4.78 is 0. The molecule has 0 N–H and O–H groups in total. The van der Waals surface area contributed by atoms with Gasteiger partial charge in [-0.1, -0.05) is 47.5 Å². The molecule has 36 heavy (non-hydrogen) atoms. The van der Waals surface area contributed by atoms with Gasteiger partial charge in [0, 0.05) is 47.4 Å². The summed E-state index contributed by atoms with van der Waals surface area (Å²) in [5.41, 5.74) is 2.84. The lowest BCUT2D eigenvalue weighted by atomic mass is 10.0. The van der Waals surface area contributed by atoms with Gasteiger partial charge in [0.2, 0.25) is 0 Å². The second-order valence-electron chi connectivity index (χ2n) is 9.34. The zero-order valence-electron chi connectivity index (χ0n) is 20.1. The van der Waals surface area contributed by atoms with Gasteiger partial charge in [0.25, 0.3) is 11.8 Å². The molecule has 5 rings (SSSR count). The first-order valence-electron chi connectivity index (χ1n) is 12.5. The van der Waals surface area contributed by atoms with E-state index in [1.807, 2.05) is 24.3 Å². The molecular formula is C28H28Cl2N4O2. The lowest BCUT2D eigenvalue weighted by Gasteiger charge is -2.29. The maximum atomic E-state index is 13.8. The number of carbonyl (C=O) groups is 2. The molecule has 2 saturated heterocycles. The average molecular weight is 523 g/mol. The largest absolute Gasteiger partial charge is 0.337 e. The Labute approximate surface area is 221 Å². The molecule has 2 aliphatic rings. The predicted molar refractivity (Wildman–Crippen MR) is 142 cm³/mol. The molecule has 2 amide bonds. The number of benzene rings is 2. The van der Waals surface area contributed by atoms with Gasteiger partial charge in [0.1, 0.15) is 0 Å². The van der Waals surface area contributed by atoms with Gasteiger partial charge in [-0.15, -0.1) is 0 Å². The van der Waals surface area contributed by atoms with E-state index in [0.29, 0.717) is 47.6 Å². The predicted octanol–water partition coefficient (Wildman–Crippen LogP) is 6.37. The Morgan fingerprint density at radius 3 is 1.22 bits per heavy atom. The molecule has 0 bridgehead atoms. The normalized spacial score (nSPS) is 16.2. The van der Waals surface area contributed by atoms with Crippen molar-refractivity contribution in [3.05, 3.63) is 70.0 Å². The third-order valence-electron chi connectivity index (χ3n) is 6.82. The van der Waals surface area contributed by atoms with Crippen molar-refractivity contribution in [1.82, 2.24) is 19.8 Å². The number of aromatic nitrogens is 2. The van der Waals surface area contributed by atoms with Gasteiger partial charge in [0.15, 0.2) is 11.4 Å². The number of likely N-dealkylation sites (tertiary alicyclic amines) is 2. The van der Waals surface area contributed by atoms with E-state index >= 15 is 0 Å². The van der Waals surface area contributed by atoms with E-state index in [9.17, 15) is 9.59 Å². The Morgan fingerprint density at radius 2 is 0.889 bits per heavy atom. The van der Waals surface area contributed by atoms with Gasteiger partial charge in [-0.2, -0.15) is 0 Å². The van der Waals surface area contributed by atoms with Crippen LogP contribution in [0.3, 0.4) is 0 Å². The number of carbonyl (C=O) groups excluding carboxylic acids is 2. The molecule has 8 heteroatoms. The summed E-state index contributed by atoms with van der Waals surface area (Å²) in [6, 6.07) is 14.5. The number of nitrogens with zero attached hydrogens (tertiary/aromatic N) is 4. The minimum atomic E-state index is -0.236. The van der Waals surface area contributed by atoms with Crippen LogP contribution in [0.5, 0.6) is 0 Å². The number of hydrogen-bond acceptors (Lipinski definition) is 4. The Morgan fingerprint density at radius 1 is 0.556 bits per heavy atom. The van der Waals surface area contributed by atoms with Crippen LogP contribution in [0, 0.1) is 0 Å². The molecule has 0 atom stereocenters. The van der Waals surface area contributed by atoms with E-state index in [0.717, 1.165) is 49.7 Å². The number of piperidine rings is 2. The van der Waals surface area contributed by atoms with E-state index in [1.54, 1.807) is 34.1 Å². The highest BCUT2D eigenvalue weighted by atomic mass is 35.5. The first-order valence-corrected chi connectivity index (χ1v) is 13.3. The highest BCUT2D eigenvalue weighted by Gasteiger charge is 2.31. The summed E-state index contributed by atoms with van der Waals surface area (Å²) in [4.78, 5) is 40.9. The summed E-state index contributed by atoms with van der Waals surface area (Å²) >= 11 is 12.3. The van der Waals surface area contributed by atoms with Crippen LogP contribution in [0.2, 0.25) is 10.0 Å². The van der Waals surface area contributed by atoms with Crippen LogP contribution in [0.1, 0.15) is 59.5 Å². The summed E-state index contributed by atoms with van der Waals surface area (Å²) in [6.45, 7) is 2.64. The van der Waals surface area contributed by atoms with Crippen molar-refractivity contribution in [2.45, 2.75) is 38.5 Å². The third-order valence-corrected chi connectivity index (χ3v) is 7.33. The maximum absolute atomic E-state index is 13.8. The van der Waals surface area contributed by atoms with Gasteiger partial charge in [0.05, 0.1) is 11.4 Å². The molecule has 186 valence electrons. The monoisotopic (exact) mass is 522 g/mol. The van der Waals surface area contributed by atoms with Crippen LogP contribution in [0.4, 0.5) is 0 Å². The van der Waals surface area contributed by atoms with Gasteiger partial charge in [-0.25, -0.2) is 9.97 Å². The summed E-state index contributed by atoms with van der Waals surface area (Å²) in [7, 11) is 0. The van der Waals surface area contributed by atoms with E-state index in [1.165, 1.54) is 0 Å². The van der Waals surface area contributed by atoms with Crippen LogP contribution in [-0.4, -0.2) is 57.8 Å². The van der Waals surface area contributed by atoms with E-state index < -0.39 is 0 Å². The van der Waals surface area contributed by atoms with Gasteiger partial charge < -0.3 is 9.80 Å². The van der Waals surface area contributed by atoms with Crippen LogP contribution in [0.15, 0.2) is 48.5 Å². The van der Waals surface area contributed by atoms with Crippen molar-refractivity contribution >= 4 is 35.0 Å². The molecule has 0 radical (unpaired) electrons. The Hall–Kier alpha value is -2.96. The number of rotatable bonds is 4. The minimum Gasteiger partial charge on any atom is -0.337 e. The fourth-order valence-electron chi connectivity index (χ4n) is 4.85. The topological polar surface area (TPSA) is 66.4 Å². The SMILES string of the molecule is O=C(c1nc(-c2ccc(Cl)cc2)c(-c2ccc(Cl)cc2)nc1C(=O)N1CCCCC1)N1CCCCC1. The van der Waals surface area contributed by atoms with Crippen LogP contribution >= 0.6 is 23.2 Å². The van der Waals surface area contributed by atoms with E-state index in [4.69, 9.17) is 33.2 Å². The van der Waals surface area contributed by atoms with Crippen molar-refractivity contribution < 1.29 is 9.59 Å². The van der Waals surface area contributed by atoms with E-state index in [2.05, 4.69) is 0 Å². The molecule has 0 saturated carbocycles. The lowest BCUT2D eigenvalue weighted by Crippen LogP contribution is -2.40. The molecule has 0 unspecified atom stereocenters. The van der Waals surface area contributed by atoms with E-state index in [-0.39, 0.29) is 23.2 Å². The molecule has 2 aliphatic heterocycles. The third kappa shape index (κ3) is 5.25. The molecule has 3 aromatic rings. The Balaban J connectivity index is 1.70. The lowest BCUT2D eigenvalue weighted by molar-refractivity contribution is 0.0675. The second-order valence-corrected chi connectivity index (χ2v) is 10.2. The fourth-order valence-corrected chi connectivity index (χ4v) is 5.10. The molecule has 3 heterocycles. The molecule has 2 fully saturated rings. The average Bonchev–Trinajstić information content (AvgIpc) is 2.93. The van der Waals surface area contributed by atoms with Crippen molar-refractivity contribution in [3.8, 4) is 22.5 Å². The van der Waals surface area contributed by atoms with Crippen LogP contribution in [-0.2, 0) is 0 Å². The number of amides is 2. The summed E-state index contributed by atoms with van der Waals surface area (Å²) in [5, 5.41) is 1.20. The molecular weight excluding hydrogens is 495 g/mol. The van der Waals surface area contributed by atoms with Gasteiger partial charge in [-0.05, 0) is 62.8 Å².